The van der Waals surface area contributed by atoms with E-state index in [0.717, 1.165) is 44.2 Å². The lowest BCUT2D eigenvalue weighted by Gasteiger charge is -2.11. The summed E-state index contributed by atoms with van der Waals surface area (Å²) in [6.45, 7) is 3.98. The standard InChI is InChI=1S/C35H46N8O6S2/c1-5-6-7-8-9-10-11-12-13-14-15-33-37-25-39-35(43-33)41-29-20-18-27(31(22-29)50-49-48-46-3)16-17-28-19-21-30(23-32(28)51(44,45)47-4)42-34-38-24-36-26(2)40-34/h16-25H,5-15H2,1-4H3,(H,36,38,40,42)(H,37,39,41,43). The Bertz CT molecular complexity index is 1810. The zero-order valence-electron chi connectivity index (χ0n) is 29.5. The van der Waals surface area contributed by atoms with Crippen LogP contribution in [0.25, 0.3) is 12.2 Å². The second-order valence-electron chi connectivity index (χ2n) is 11.6. The molecule has 274 valence electrons. The quantitative estimate of drug-likeness (QED) is 0.0186. The zero-order valence-corrected chi connectivity index (χ0v) is 31.1. The molecule has 0 radical (unpaired) electrons. The highest BCUT2D eigenvalue weighted by Gasteiger charge is 2.18. The predicted octanol–water partition coefficient (Wildman–Crippen LogP) is 8.34. The Labute approximate surface area is 304 Å². The molecule has 0 saturated heterocycles. The second-order valence-corrected chi connectivity index (χ2v) is 14.0. The van der Waals surface area contributed by atoms with Crippen LogP contribution in [0.2, 0.25) is 0 Å². The van der Waals surface area contributed by atoms with Crippen LogP contribution < -0.4 is 10.6 Å². The van der Waals surface area contributed by atoms with Crippen molar-refractivity contribution in [2.24, 2.45) is 0 Å². The normalized spacial score (nSPS) is 11.7. The SMILES string of the molecule is CCCCCCCCCCCCc1ncnc(Nc2ccc(C=Cc3ccc(Nc4ncnc(C)n4)cc3S(=O)(=O)OC)c(SOOOC)c2)n1. The molecule has 0 bridgehead atoms. The van der Waals surface area contributed by atoms with Gasteiger partial charge in [-0.05, 0) is 48.7 Å². The van der Waals surface area contributed by atoms with Crippen molar-refractivity contribution in [1.29, 1.82) is 0 Å². The van der Waals surface area contributed by atoms with Gasteiger partial charge in [-0.15, -0.1) is 4.33 Å². The van der Waals surface area contributed by atoms with Crippen LogP contribution in [-0.4, -0.2) is 52.5 Å². The van der Waals surface area contributed by atoms with Crippen molar-refractivity contribution in [3.8, 4) is 0 Å². The van der Waals surface area contributed by atoms with Crippen LogP contribution in [0.3, 0.4) is 0 Å². The van der Waals surface area contributed by atoms with Crippen LogP contribution >= 0.6 is 12.0 Å². The van der Waals surface area contributed by atoms with Crippen molar-refractivity contribution in [2.75, 3.05) is 24.9 Å². The lowest BCUT2D eigenvalue weighted by molar-refractivity contribution is -0.447. The number of anilines is 4. The minimum atomic E-state index is -4.08. The first-order valence-corrected chi connectivity index (χ1v) is 19.1. The monoisotopic (exact) mass is 738 g/mol. The van der Waals surface area contributed by atoms with E-state index >= 15 is 0 Å². The highest BCUT2D eigenvalue weighted by atomic mass is 32.2. The van der Waals surface area contributed by atoms with Gasteiger partial charge in [0.15, 0.2) is 0 Å². The zero-order chi connectivity index (χ0) is 36.3. The van der Waals surface area contributed by atoms with Crippen molar-refractivity contribution in [3.05, 3.63) is 71.8 Å². The molecule has 2 heterocycles. The van der Waals surface area contributed by atoms with Crippen LogP contribution in [0.4, 0.5) is 23.3 Å². The van der Waals surface area contributed by atoms with E-state index in [0.29, 0.717) is 39.2 Å². The molecule has 51 heavy (non-hydrogen) atoms. The number of hydrogen-bond donors (Lipinski definition) is 2. The smallest absolute Gasteiger partial charge is 0.297 e. The molecule has 0 saturated carbocycles. The van der Waals surface area contributed by atoms with Gasteiger partial charge in [-0.1, -0.05) is 94.0 Å². The van der Waals surface area contributed by atoms with Gasteiger partial charge in [-0.25, -0.2) is 24.8 Å². The molecular formula is C35H46N8O6S2. The number of nitrogens with one attached hydrogen (secondary N) is 2. The molecule has 0 fully saturated rings. The number of rotatable bonds is 23. The van der Waals surface area contributed by atoms with Crippen molar-refractivity contribution in [2.45, 2.75) is 94.3 Å². The topological polar surface area (TPSA) is 172 Å². The maximum Gasteiger partial charge on any atom is 0.297 e. The molecule has 0 unspecified atom stereocenters. The third-order valence-corrected chi connectivity index (χ3v) is 9.75. The van der Waals surface area contributed by atoms with E-state index in [1.54, 1.807) is 31.2 Å². The molecular weight excluding hydrogens is 693 g/mol. The van der Waals surface area contributed by atoms with Gasteiger partial charge in [0, 0.05) is 22.7 Å². The summed E-state index contributed by atoms with van der Waals surface area (Å²) in [4.78, 5) is 30.7. The largest absolute Gasteiger partial charge is 0.324 e. The number of aromatic nitrogens is 6. The fourth-order valence-corrected chi connectivity index (χ4v) is 6.55. The minimum Gasteiger partial charge on any atom is -0.324 e. The minimum absolute atomic E-state index is 0.0491. The predicted molar refractivity (Wildman–Crippen MR) is 198 cm³/mol. The molecule has 0 spiro atoms. The summed E-state index contributed by atoms with van der Waals surface area (Å²) in [7, 11) is -1.65. The van der Waals surface area contributed by atoms with E-state index in [2.05, 4.69) is 57.4 Å². The van der Waals surface area contributed by atoms with Crippen LogP contribution in [0.15, 0.2) is 58.8 Å². The summed E-state index contributed by atoms with van der Waals surface area (Å²) in [5, 5.41) is 10.9. The molecule has 2 aromatic carbocycles. The summed E-state index contributed by atoms with van der Waals surface area (Å²) in [6, 6.07) is 10.3. The fourth-order valence-electron chi connectivity index (χ4n) is 5.11. The van der Waals surface area contributed by atoms with Crippen molar-refractivity contribution in [1.82, 2.24) is 29.9 Å². The number of nitrogens with zero attached hydrogens (tertiary/aromatic N) is 6. The second kappa shape index (κ2) is 21.3. The lowest BCUT2D eigenvalue weighted by atomic mass is 10.1. The van der Waals surface area contributed by atoms with E-state index in [4.69, 9.17) is 8.52 Å². The van der Waals surface area contributed by atoms with Gasteiger partial charge < -0.3 is 10.6 Å². The average molecular weight is 739 g/mol. The Morgan fingerprint density at radius 1 is 0.745 bits per heavy atom. The van der Waals surface area contributed by atoms with E-state index in [-0.39, 0.29) is 10.8 Å². The number of hydrogen-bond acceptors (Lipinski definition) is 15. The van der Waals surface area contributed by atoms with Crippen LogP contribution in [0.5, 0.6) is 0 Å². The Hall–Kier alpha value is -4.06. The molecule has 4 rings (SSSR count). The maximum absolute atomic E-state index is 12.9. The van der Waals surface area contributed by atoms with E-state index in [1.165, 1.54) is 77.2 Å². The van der Waals surface area contributed by atoms with Crippen LogP contribution in [0, 0.1) is 6.92 Å². The Balaban J connectivity index is 1.44. The van der Waals surface area contributed by atoms with Crippen molar-refractivity contribution < 1.29 is 26.9 Å². The molecule has 4 aromatic rings. The summed E-state index contributed by atoms with van der Waals surface area (Å²) in [5.41, 5.74) is 2.24. The highest BCUT2D eigenvalue weighted by molar-refractivity contribution is 7.94. The van der Waals surface area contributed by atoms with E-state index in [1.807, 2.05) is 18.2 Å². The Morgan fingerprint density at radius 3 is 2.02 bits per heavy atom. The molecule has 0 aliphatic heterocycles. The number of unbranched alkanes of at least 4 members (excludes halogenated alkanes) is 9. The number of aryl methyl sites for hydroxylation is 2. The Morgan fingerprint density at radius 2 is 1.35 bits per heavy atom. The molecule has 2 aromatic heterocycles. The average Bonchev–Trinajstić information content (AvgIpc) is 3.12. The van der Waals surface area contributed by atoms with Gasteiger partial charge in [0.05, 0.1) is 26.3 Å². The van der Waals surface area contributed by atoms with Gasteiger partial charge in [0.25, 0.3) is 10.1 Å². The third kappa shape index (κ3) is 13.5. The van der Waals surface area contributed by atoms with E-state index in [9.17, 15) is 8.42 Å². The van der Waals surface area contributed by atoms with Crippen molar-refractivity contribution in [3.63, 3.8) is 0 Å². The molecule has 0 atom stereocenters. The van der Waals surface area contributed by atoms with Gasteiger partial charge in [0.2, 0.25) is 11.9 Å². The first kappa shape index (κ1) is 39.7. The summed E-state index contributed by atoms with van der Waals surface area (Å²) < 4.78 is 35.8. The number of benzene rings is 2. The third-order valence-electron chi connectivity index (χ3n) is 7.76. The summed E-state index contributed by atoms with van der Waals surface area (Å²) in [6.07, 6.45) is 19.8. The molecule has 0 aliphatic rings. The molecule has 16 heteroatoms. The molecule has 0 aliphatic carbocycles. The summed E-state index contributed by atoms with van der Waals surface area (Å²) in [5.74, 6) is 1.96. The molecule has 0 amide bonds. The Kier molecular flexibility index (Phi) is 16.6. The van der Waals surface area contributed by atoms with E-state index < -0.39 is 10.1 Å². The van der Waals surface area contributed by atoms with Crippen LogP contribution in [0.1, 0.15) is 93.9 Å². The van der Waals surface area contributed by atoms with Gasteiger partial charge in [-0.2, -0.15) is 18.4 Å². The molecule has 14 nitrogen and oxygen atoms in total. The maximum atomic E-state index is 12.9. The first-order valence-electron chi connectivity index (χ1n) is 17.0. The van der Waals surface area contributed by atoms with Gasteiger partial charge in [0.1, 0.15) is 29.2 Å². The van der Waals surface area contributed by atoms with Crippen LogP contribution in [-0.2, 0) is 35.0 Å². The van der Waals surface area contributed by atoms with Gasteiger partial charge in [-0.3, -0.25) is 4.18 Å². The first-order chi connectivity index (χ1) is 24.8. The fraction of sp³-hybridized carbons (Fsp3) is 0.429. The highest BCUT2D eigenvalue weighted by Crippen LogP contribution is 2.31. The van der Waals surface area contributed by atoms with Gasteiger partial charge >= 0.3 is 0 Å². The van der Waals surface area contributed by atoms with Crippen molar-refractivity contribution >= 4 is 57.6 Å². The lowest BCUT2D eigenvalue weighted by Crippen LogP contribution is -2.06. The molecule has 2 N–H and O–H groups in total. The summed E-state index contributed by atoms with van der Waals surface area (Å²) >= 11 is 0.914.